The van der Waals surface area contributed by atoms with Gasteiger partial charge in [0.25, 0.3) is 0 Å². The van der Waals surface area contributed by atoms with Gasteiger partial charge in [-0.3, -0.25) is 4.79 Å². The topological polar surface area (TPSA) is 55.0 Å². The van der Waals surface area contributed by atoms with E-state index in [0.717, 1.165) is 36.8 Å². The summed E-state index contributed by atoms with van der Waals surface area (Å²) in [7, 11) is 1.42. The van der Waals surface area contributed by atoms with E-state index in [1.807, 2.05) is 13.0 Å². The molecule has 2 aromatic rings. The maximum Gasteiger partial charge on any atom is 0.449 e. The van der Waals surface area contributed by atoms with E-state index in [4.69, 9.17) is 4.74 Å². The van der Waals surface area contributed by atoms with Crippen LogP contribution in [0.3, 0.4) is 0 Å². The molecule has 1 saturated carbocycles. The number of rotatable bonds is 1. The third-order valence-electron chi connectivity index (χ3n) is 6.98. The molecule has 0 aliphatic heterocycles. The minimum absolute atomic E-state index is 0.0723. The van der Waals surface area contributed by atoms with Crippen molar-refractivity contribution in [3.8, 4) is 0 Å². The third kappa shape index (κ3) is 2.63. The van der Waals surface area contributed by atoms with Gasteiger partial charge in [-0.1, -0.05) is 13.3 Å². The number of methoxy groups -OCH3 is 1. The van der Waals surface area contributed by atoms with E-state index < -0.39 is 17.4 Å². The summed E-state index contributed by atoms with van der Waals surface area (Å²) in [4.78, 5) is 18.9. The van der Waals surface area contributed by atoms with Crippen molar-refractivity contribution in [2.75, 3.05) is 7.11 Å². The standard InChI is InChI=1S/C20H22BrF3N2O2/c1-18-7-4-8-19(2,17(27)28-3)13(18)6-5-10-11(18)9-12(21)15-14(10)25-16(26-15)20(22,23)24/h9,13H,4-8H2,1-3H3,(H,25,26)/t13?,18-,19-/m1/s1. The lowest BCUT2D eigenvalue weighted by molar-refractivity contribution is -0.161. The maximum atomic E-state index is 13.2. The number of imidazole rings is 1. The smallest absolute Gasteiger partial charge is 0.449 e. The molecule has 4 rings (SSSR count). The summed E-state index contributed by atoms with van der Waals surface area (Å²) in [5.41, 5.74) is 1.74. The van der Waals surface area contributed by atoms with Gasteiger partial charge in [-0.25, -0.2) is 4.98 Å². The van der Waals surface area contributed by atoms with E-state index in [1.165, 1.54) is 7.11 Å². The Hall–Kier alpha value is -1.57. The number of alkyl halides is 3. The average molecular weight is 459 g/mol. The van der Waals surface area contributed by atoms with Gasteiger partial charge >= 0.3 is 12.1 Å². The summed E-state index contributed by atoms with van der Waals surface area (Å²) in [5, 5.41) is 0. The van der Waals surface area contributed by atoms with Crippen LogP contribution in [0.15, 0.2) is 10.5 Å². The van der Waals surface area contributed by atoms with Crippen molar-refractivity contribution in [1.82, 2.24) is 9.97 Å². The highest BCUT2D eigenvalue weighted by Crippen LogP contribution is 2.58. The van der Waals surface area contributed by atoms with Crippen molar-refractivity contribution in [1.29, 1.82) is 0 Å². The number of hydrogen-bond acceptors (Lipinski definition) is 3. The molecular weight excluding hydrogens is 437 g/mol. The van der Waals surface area contributed by atoms with Crippen molar-refractivity contribution in [3.63, 3.8) is 0 Å². The van der Waals surface area contributed by atoms with Crippen molar-refractivity contribution in [2.45, 2.75) is 57.5 Å². The number of nitrogens with one attached hydrogen (secondary N) is 1. The van der Waals surface area contributed by atoms with Gasteiger partial charge in [0.2, 0.25) is 5.82 Å². The zero-order chi connectivity index (χ0) is 20.5. The highest BCUT2D eigenvalue weighted by molar-refractivity contribution is 9.10. The molecule has 4 nitrogen and oxygen atoms in total. The van der Waals surface area contributed by atoms with Crippen LogP contribution >= 0.6 is 15.9 Å². The number of aromatic nitrogens is 2. The number of ether oxygens (including phenoxy) is 1. The minimum atomic E-state index is -4.53. The fraction of sp³-hybridized carbons (Fsp3) is 0.600. The Morgan fingerprint density at radius 3 is 2.71 bits per heavy atom. The molecule has 3 atom stereocenters. The molecule has 1 unspecified atom stereocenters. The molecule has 28 heavy (non-hydrogen) atoms. The van der Waals surface area contributed by atoms with Crippen LogP contribution in [-0.2, 0) is 27.5 Å². The van der Waals surface area contributed by atoms with Crippen LogP contribution in [0.2, 0.25) is 0 Å². The molecular formula is C20H22BrF3N2O2. The predicted octanol–water partition coefficient (Wildman–Crippen LogP) is 5.53. The first-order chi connectivity index (χ1) is 13.0. The van der Waals surface area contributed by atoms with E-state index >= 15 is 0 Å². The minimum Gasteiger partial charge on any atom is -0.469 e. The number of nitrogens with zero attached hydrogens (tertiary/aromatic N) is 1. The van der Waals surface area contributed by atoms with Crippen LogP contribution in [0.5, 0.6) is 0 Å². The average Bonchev–Trinajstić information content (AvgIpc) is 3.08. The van der Waals surface area contributed by atoms with Crippen LogP contribution in [0.4, 0.5) is 13.2 Å². The molecule has 1 aromatic carbocycles. The Morgan fingerprint density at radius 2 is 2.07 bits per heavy atom. The van der Waals surface area contributed by atoms with Gasteiger partial charge in [-0.05, 0) is 77.1 Å². The lowest BCUT2D eigenvalue weighted by atomic mass is 9.50. The van der Waals surface area contributed by atoms with Gasteiger partial charge in [-0.15, -0.1) is 0 Å². The Balaban J connectivity index is 1.91. The number of hydrogen-bond donors (Lipinski definition) is 1. The van der Waals surface area contributed by atoms with E-state index in [-0.39, 0.29) is 17.3 Å². The Labute approximate surface area is 169 Å². The second-order valence-corrected chi connectivity index (χ2v) is 9.32. The zero-order valence-electron chi connectivity index (χ0n) is 16.0. The second-order valence-electron chi connectivity index (χ2n) is 8.46. The first-order valence-corrected chi connectivity index (χ1v) is 10.2. The van der Waals surface area contributed by atoms with E-state index in [2.05, 4.69) is 32.8 Å². The fourth-order valence-corrected chi connectivity index (χ4v) is 6.20. The van der Waals surface area contributed by atoms with Crippen LogP contribution in [-0.4, -0.2) is 23.0 Å². The first kappa shape index (κ1) is 19.7. The van der Waals surface area contributed by atoms with Gasteiger partial charge < -0.3 is 9.72 Å². The molecule has 152 valence electrons. The summed E-state index contributed by atoms with van der Waals surface area (Å²) in [6.07, 6.45) is -0.681. The number of carbonyl (C=O) groups excluding carboxylic acids is 1. The number of esters is 1. The normalized spacial score (nSPS) is 30.0. The Kier molecular flexibility index (Phi) is 4.38. The number of halogens is 4. The highest BCUT2D eigenvalue weighted by Gasteiger charge is 2.56. The number of benzene rings is 1. The van der Waals surface area contributed by atoms with Crippen LogP contribution < -0.4 is 0 Å². The molecule has 1 heterocycles. The van der Waals surface area contributed by atoms with Gasteiger partial charge in [0, 0.05) is 4.47 Å². The number of aromatic amines is 1. The molecule has 0 bridgehead atoms. The number of fused-ring (bicyclic) bond motifs is 5. The summed E-state index contributed by atoms with van der Waals surface area (Å²) >= 11 is 3.43. The van der Waals surface area contributed by atoms with Crippen molar-refractivity contribution >= 4 is 32.9 Å². The lowest BCUT2D eigenvalue weighted by Crippen LogP contribution is -2.52. The summed E-state index contributed by atoms with van der Waals surface area (Å²) < 4.78 is 45.3. The van der Waals surface area contributed by atoms with Crippen LogP contribution in [0.1, 0.15) is 56.5 Å². The molecule has 0 radical (unpaired) electrons. The largest absolute Gasteiger partial charge is 0.469 e. The Morgan fingerprint density at radius 1 is 1.36 bits per heavy atom. The van der Waals surface area contributed by atoms with Crippen LogP contribution in [0.25, 0.3) is 11.0 Å². The quantitative estimate of drug-likeness (QED) is 0.571. The van der Waals surface area contributed by atoms with Crippen molar-refractivity contribution in [3.05, 3.63) is 27.5 Å². The number of carbonyl (C=O) groups is 1. The van der Waals surface area contributed by atoms with Crippen molar-refractivity contribution < 1.29 is 22.7 Å². The molecule has 0 saturated heterocycles. The summed E-state index contributed by atoms with van der Waals surface area (Å²) in [6, 6.07) is 1.91. The van der Waals surface area contributed by atoms with Crippen molar-refractivity contribution in [2.24, 2.45) is 11.3 Å². The molecule has 0 amide bonds. The number of H-pyrrole nitrogens is 1. The van der Waals surface area contributed by atoms with Gasteiger partial charge in [0.1, 0.15) is 5.52 Å². The Bertz CT molecular complexity index is 970. The SMILES string of the molecule is COC(=O)[C@]1(C)CCC[C@]2(C)c3cc(Br)c4nc(C(F)(F)F)[nH]c4c3CCC12. The highest BCUT2D eigenvalue weighted by atomic mass is 79.9. The van der Waals surface area contributed by atoms with E-state index in [0.29, 0.717) is 21.9 Å². The monoisotopic (exact) mass is 458 g/mol. The second kappa shape index (κ2) is 6.21. The molecule has 1 fully saturated rings. The predicted molar refractivity (Wildman–Crippen MR) is 102 cm³/mol. The third-order valence-corrected chi connectivity index (χ3v) is 7.58. The van der Waals surface area contributed by atoms with E-state index in [9.17, 15) is 18.0 Å². The van der Waals surface area contributed by atoms with Gasteiger partial charge in [0.15, 0.2) is 0 Å². The molecule has 8 heteroatoms. The summed E-state index contributed by atoms with van der Waals surface area (Å²) in [5.74, 6) is -1.11. The first-order valence-electron chi connectivity index (χ1n) is 9.39. The molecule has 1 aromatic heterocycles. The van der Waals surface area contributed by atoms with Crippen LogP contribution in [0, 0.1) is 11.3 Å². The van der Waals surface area contributed by atoms with Gasteiger partial charge in [-0.2, -0.15) is 13.2 Å². The zero-order valence-corrected chi connectivity index (χ0v) is 17.6. The fourth-order valence-electron chi connectivity index (χ4n) is 5.68. The maximum absolute atomic E-state index is 13.2. The summed E-state index contributed by atoms with van der Waals surface area (Å²) in [6.45, 7) is 4.10. The van der Waals surface area contributed by atoms with E-state index in [1.54, 1.807) is 0 Å². The number of aryl methyl sites for hydroxylation is 1. The van der Waals surface area contributed by atoms with Gasteiger partial charge in [0.05, 0.1) is 18.0 Å². The molecule has 2 aliphatic carbocycles. The molecule has 1 N–H and O–H groups in total. The lowest BCUT2D eigenvalue weighted by Gasteiger charge is -2.54. The molecule has 2 aliphatic rings. The molecule has 0 spiro atoms.